The monoisotopic (exact) mass is 253 g/mol. The number of hydrogen-bond acceptors (Lipinski definition) is 3. The molecule has 1 saturated heterocycles. The molecule has 1 atom stereocenters. The van der Waals surface area contributed by atoms with Crippen molar-refractivity contribution in [2.24, 2.45) is 0 Å². The van der Waals surface area contributed by atoms with Crippen LogP contribution in [0.5, 0.6) is 0 Å². The number of nitrogens with one attached hydrogen (secondary N) is 1. The lowest BCUT2D eigenvalue weighted by Crippen LogP contribution is -2.29. The molecule has 1 N–H and O–H groups in total. The van der Waals surface area contributed by atoms with Crippen molar-refractivity contribution < 1.29 is 4.79 Å². The maximum Gasteiger partial charge on any atom is 0.251 e. The van der Waals surface area contributed by atoms with Crippen molar-refractivity contribution in [3.63, 3.8) is 0 Å². The van der Waals surface area contributed by atoms with E-state index >= 15 is 0 Å². The van der Waals surface area contributed by atoms with Crippen molar-refractivity contribution in [2.75, 3.05) is 12.3 Å². The number of thiol groups is 1. The van der Waals surface area contributed by atoms with Crippen LogP contribution in [-0.4, -0.2) is 23.5 Å². The average molecular weight is 253 g/mol. The van der Waals surface area contributed by atoms with Crippen LogP contribution in [0.1, 0.15) is 23.2 Å². The Kier molecular flexibility index (Phi) is 4.18. The van der Waals surface area contributed by atoms with Gasteiger partial charge in [0, 0.05) is 22.3 Å². The highest BCUT2D eigenvalue weighted by Gasteiger charge is 2.16. The summed E-state index contributed by atoms with van der Waals surface area (Å²) in [5.41, 5.74) is 0.709. The predicted molar refractivity (Wildman–Crippen MR) is 71.5 cm³/mol. The molecule has 0 bridgehead atoms. The van der Waals surface area contributed by atoms with E-state index in [2.05, 4.69) is 17.9 Å². The van der Waals surface area contributed by atoms with Crippen LogP contribution in [0.4, 0.5) is 0 Å². The molecular weight excluding hydrogens is 238 g/mol. The Balaban J connectivity index is 1.85. The molecule has 16 heavy (non-hydrogen) atoms. The van der Waals surface area contributed by atoms with E-state index in [1.165, 1.54) is 18.6 Å². The highest BCUT2D eigenvalue weighted by Crippen LogP contribution is 2.25. The van der Waals surface area contributed by atoms with Crippen molar-refractivity contribution >= 4 is 30.3 Å². The second kappa shape index (κ2) is 5.64. The highest BCUT2D eigenvalue weighted by atomic mass is 32.2. The van der Waals surface area contributed by atoms with Gasteiger partial charge < -0.3 is 5.32 Å². The summed E-state index contributed by atoms with van der Waals surface area (Å²) in [5, 5.41) is 3.58. The van der Waals surface area contributed by atoms with Crippen LogP contribution in [0.15, 0.2) is 29.2 Å². The van der Waals surface area contributed by atoms with Gasteiger partial charge in [0.1, 0.15) is 0 Å². The molecule has 0 radical (unpaired) electrons. The zero-order valence-corrected chi connectivity index (χ0v) is 10.7. The second-order valence-corrected chi connectivity index (χ2v) is 5.82. The molecule has 0 aromatic heterocycles. The Labute approximate surface area is 106 Å². The average Bonchev–Trinajstić information content (AvgIpc) is 2.80. The molecule has 86 valence electrons. The van der Waals surface area contributed by atoms with E-state index in [-0.39, 0.29) is 5.91 Å². The maximum absolute atomic E-state index is 11.8. The first-order valence-electron chi connectivity index (χ1n) is 5.44. The van der Waals surface area contributed by atoms with Gasteiger partial charge in [-0.2, -0.15) is 11.8 Å². The lowest BCUT2D eigenvalue weighted by atomic mass is 10.2. The third kappa shape index (κ3) is 3.19. The first kappa shape index (κ1) is 11.9. The Hall–Kier alpha value is -0.610. The molecule has 0 saturated carbocycles. The summed E-state index contributed by atoms with van der Waals surface area (Å²) in [7, 11) is 0. The normalized spacial score (nSPS) is 19.7. The lowest BCUT2D eigenvalue weighted by molar-refractivity contribution is 0.0953. The van der Waals surface area contributed by atoms with Gasteiger partial charge in [0.05, 0.1) is 0 Å². The maximum atomic E-state index is 11.8. The minimum absolute atomic E-state index is 0.0147. The molecule has 1 unspecified atom stereocenters. The molecule has 2 nitrogen and oxygen atoms in total. The van der Waals surface area contributed by atoms with E-state index in [1.54, 1.807) is 12.1 Å². The number of hydrogen-bond donors (Lipinski definition) is 2. The zero-order valence-electron chi connectivity index (χ0n) is 8.98. The lowest BCUT2D eigenvalue weighted by Gasteiger charge is -2.10. The van der Waals surface area contributed by atoms with Gasteiger partial charge in [-0.25, -0.2) is 0 Å². The molecular formula is C12H15NOS2. The van der Waals surface area contributed by atoms with Crippen LogP contribution in [0.25, 0.3) is 0 Å². The van der Waals surface area contributed by atoms with Gasteiger partial charge in [-0.3, -0.25) is 4.79 Å². The van der Waals surface area contributed by atoms with Crippen LogP contribution in [0.3, 0.4) is 0 Å². The molecule has 0 spiro atoms. The summed E-state index contributed by atoms with van der Waals surface area (Å²) < 4.78 is 0. The fraction of sp³-hybridized carbons (Fsp3) is 0.417. The minimum atomic E-state index is 0.0147. The smallest absolute Gasteiger partial charge is 0.251 e. The van der Waals surface area contributed by atoms with Crippen LogP contribution in [0.2, 0.25) is 0 Å². The molecule has 1 aliphatic rings. The highest BCUT2D eigenvalue weighted by molar-refractivity contribution is 8.00. The zero-order chi connectivity index (χ0) is 11.4. The van der Waals surface area contributed by atoms with E-state index in [0.29, 0.717) is 10.8 Å². The molecule has 4 heteroatoms. The SMILES string of the molecule is O=C(NCC1CCCS1)c1ccc(S)cc1. The van der Waals surface area contributed by atoms with Crippen LogP contribution < -0.4 is 5.32 Å². The predicted octanol–water partition coefficient (Wildman–Crippen LogP) is 2.60. The van der Waals surface area contributed by atoms with Gasteiger partial charge in [0.25, 0.3) is 5.91 Å². The van der Waals surface area contributed by atoms with Crippen LogP contribution >= 0.6 is 24.4 Å². The molecule has 1 aliphatic heterocycles. The Morgan fingerprint density at radius 2 is 2.19 bits per heavy atom. The number of carbonyl (C=O) groups excluding carboxylic acids is 1. The largest absolute Gasteiger partial charge is 0.351 e. The van der Waals surface area contributed by atoms with Crippen molar-refractivity contribution in [1.82, 2.24) is 5.32 Å². The number of thioether (sulfide) groups is 1. The van der Waals surface area contributed by atoms with E-state index in [1.807, 2.05) is 23.9 Å². The van der Waals surface area contributed by atoms with Crippen LogP contribution in [0, 0.1) is 0 Å². The molecule has 2 rings (SSSR count). The van der Waals surface area contributed by atoms with Crippen molar-refractivity contribution in [2.45, 2.75) is 23.0 Å². The fourth-order valence-electron chi connectivity index (χ4n) is 1.73. The third-order valence-electron chi connectivity index (χ3n) is 2.64. The minimum Gasteiger partial charge on any atom is -0.351 e. The van der Waals surface area contributed by atoms with Gasteiger partial charge >= 0.3 is 0 Å². The van der Waals surface area contributed by atoms with E-state index in [9.17, 15) is 4.79 Å². The molecule has 1 amide bonds. The first-order valence-corrected chi connectivity index (χ1v) is 6.94. The van der Waals surface area contributed by atoms with Gasteiger partial charge in [0.15, 0.2) is 0 Å². The second-order valence-electron chi connectivity index (χ2n) is 3.89. The standard InChI is InChI=1S/C12H15NOS2/c14-12(9-3-5-10(15)6-4-9)13-8-11-2-1-7-16-11/h3-6,11,15H,1-2,7-8H2,(H,13,14). The molecule has 1 aromatic rings. The fourth-order valence-corrected chi connectivity index (χ4v) is 3.08. The number of carbonyl (C=O) groups is 1. The Bertz CT molecular complexity index is 358. The molecule has 1 fully saturated rings. The first-order chi connectivity index (χ1) is 7.75. The molecule has 1 aromatic carbocycles. The summed E-state index contributed by atoms with van der Waals surface area (Å²) in [6.45, 7) is 0.784. The Morgan fingerprint density at radius 3 is 2.81 bits per heavy atom. The quantitative estimate of drug-likeness (QED) is 0.811. The van der Waals surface area contributed by atoms with Gasteiger partial charge in [-0.05, 0) is 42.9 Å². The van der Waals surface area contributed by atoms with Crippen molar-refractivity contribution in [1.29, 1.82) is 0 Å². The van der Waals surface area contributed by atoms with Gasteiger partial charge in [-0.15, -0.1) is 12.6 Å². The van der Waals surface area contributed by atoms with Gasteiger partial charge in [0.2, 0.25) is 0 Å². The van der Waals surface area contributed by atoms with Gasteiger partial charge in [-0.1, -0.05) is 0 Å². The van der Waals surface area contributed by atoms with Crippen molar-refractivity contribution in [3.05, 3.63) is 29.8 Å². The summed E-state index contributed by atoms with van der Waals surface area (Å²) in [5.74, 6) is 1.25. The van der Waals surface area contributed by atoms with E-state index < -0.39 is 0 Å². The van der Waals surface area contributed by atoms with Crippen LogP contribution in [-0.2, 0) is 0 Å². The Morgan fingerprint density at radius 1 is 1.44 bits per heavy atom. The van der Waals surface area contributed by atoms with E-state index in [4.69, 9.17) is 0 Å². The third-order valence-corrected chi connectivity index (χ3v) is 4.34. The summed E-state index contributed by atoms with van der Waals surface area (Å²) in [6.07, 6.45) is 2.50. The summed E-state index contributed by atoms with van der Waals surface area (Å²) in [4.78, 5) is 12.6. The van der Waals surface area contributed by atoms with Crippen molar-refractivity contribution in [3.8, 4) is 0 Å². The summed E-state index contributed by atoms with van der Waals surface area (Å²) in [6, 6.07) is 7.28. The van der Waals surface area contributed by atoms with E-state index in [0.717, 1.165) is 11.4 Å². The number of amides is 1. The molecule has 1 heterocycles. The summed E-state index contributed by atoms with van der Waals surface area (Å²) >= 11 is 6.14. The topological polar surface area (TPSA) is 29.1 Å². The number of rotatable bonds is 3. The number of benzene rings is 1. The molecule has 0 aliphatic carbocycles.